The maximum absolute atomic E-state index is 11.2. The van der Waals surface area contributed by atoms with Crippen LogP contribution in [-0.2, 0) is 14.4 Å². The van der Waals surface area contributed by atoms with Crippen LogP contribution in [0.25, 0.3) is 0 Å². The minimum Gasteiger partial charge on any atom is -0.349 e. The number of ketones is 2. The van der Waals surface area contributed by atoms with Crippen molar-refractivity contribution >= 4 is 17.5 Å². The Labute approximate surface area is 96.1 Å². The molecule has 4 nitrogen and oxygen atoms in total. The van der Waals surface area contributed by atoms with Gasteiger partial charge in [-0.05, 0) is 19.9 Å². The molecule has 1 N–H and O–H groups in total. The molecule has 0 aromatic rings. The lowest BCUT2D eigenvalue weighted by molar-refractivity contribution is -0.126. The summed E-state index contributed by atoms with van der Waals surface area (Å²) in [6.07, 6.45) is 2.26. The molecule has 0 fully saturated rings. The standard InChI is InChI=1S/C12H19NO3/c1-4-10(14)8-13-12(16)6-5-11(15)7-9(2)3/h7H,4-6,8H2,1-3H3,(H,13,16). The summed E-state index contributed by atoms with van der Waals surface area (Å²) in [5, 5.41) is 2.48. The molecule has 16 heavy (non-hydrogen) atoms. The topological polar surface area (TPSA) is 63.2 Å². The van der Waals surface area contributed by atoms with E-state index in [4.69, 9.17) is 0 Å². The summed E-state index contributed by atoms with van der Waals surface area (Å²) in [7, 11) is 0. The molecule has 0 saturated carbocycles. The van der Waals surface area contributed by atoms with Crippen LogP contribution in [0.1, 0.15) is 40.0 Å². The Morgan fingerprint density at radius 1 is 1.12 bits per heavy atom. The largest absolute Gasteiger partial charge is 0.349 e. The second-order valence-corrected chi connectivity index (χ2v) is 3.86. The van der Waals surface area contributed by atoms with Crippen LogP contribution >= 0.6 is 0 Å². The van der Waals surface area contributed by atoms with E-state index in [0.29, 0.717) is 6.42 Å². The average Bonchev–Trinajstić information content (AvgIpc) is 2.22. The van der Waals surface area contributed by atoms with Crippen LogP contribution in [0, 0.1) is 0 Å². The number of hydrogen-bond donors (Lipinski definition) is 1. The van der Waals surface area contributed by atoms with E-state index in [1.165, 1.54) is 6.08 Å². The Morgan fingerprint density at radius 3 is 2.25 bits per heavy atom. The van der Waals surface area contributed by atoms with Gasteiger partial charge in [0.25, 0.3) is 0 Å². The number of rotatable bonds is 7. The molecule has 0 atom stereocenters. The molecular weight excluding hydrogens is 206 g/mol. The SMILES string of the molecule is CCC(=O)CNC(=O)CCC(=O)C=C(C)C. The first-order valence-electron chi connectivity index (χ1n) is 5.41. The third-order valence-corrected chi connectivity index (χ3v) is 1.93. The van der Waals surface area contributed by atoms with E-state index in [1.807, 2.05) is 13.8 Å². The highest BCUT2D eigenvalue weighted by Crippen LogP contribution is 1.96. The molecule has 0 unspecified atom stereocenters. The first-order chi connectivity index (χ1) is 7.45. The van der Waals surface area contributed by atoms with Crippen molar-refractivity contribution in [1.29, 1.82) is 0 Å². The molecule has 0 rings (SSSR count). The summed E-state index contributed by atoms with van der Waals surface area (Å²) in [4.78, 5) is 33.4. The molecule has 0 aliphatic rings. The van der Waals surface area contributed by atoms with Crippen molar-refractivity contribution in [1.82, 2.24) is 5.32 Å². The van der Waals surface area contributed by atoms with E-state index in [2.05, 4.69) is 5.32 Å². The van der Waals surface area contributed by atoms with Crippen LogP contribution in [0.4, 0.5) is 0 Å². The zero-order chi connectivity index (χ0) is 12.6. The van der Waals surface area contributed by atoms with E-state index < -0.39 is 0 Å². The highest BCUT2D eigenvalue weighted by molar-refractivity contribution is 5.93. The molecule has 0 aliphatic carbocycles. The molecule has 0 aromatic carbocycles. The lowest BCUT2D eigenvalue weighted by atomic mass is 10.1. The normalized spacial score (nSPS) is 9.44. The van der Waals surface area contributed by atoms with Crippen LogP contribution < -0.4 is 5.32 Å². The molecule has 0 aliphatic heterocycles. The Bertz CT molecular complexity index is 301. The first-order valence-corrected chi connectivity index (χ1v) is 5.41. The number of allylic oxidation sites excluding steroid dienone is 2. The Kier molecular flexibility index (Phi) is 7.09. The van der Waals surface area contributed by atoms with Crippen LogP contribution in [-0.4, -0.2) is 24.0 Å². The zero-order valence-corrected chi connectivity index (χ0v) is 10.1. The summed E-state index contributed by atoms with van der Waals surface area (Å²) < 4.78 is 0. The van der Waals surface area contributed by atoms with Gasteiger partial charge in [0.1, 0.15) is 0 Å². The molecule has 0 radical (unpaired) electrons. The van der Waals surface area contributed by atoms with Crippen LogP contribution in [0.3, 0.4) is 0 Å². The van der Waals surface area contributed by atoms with Gasteiger partial charge in [0, 0.05) is 19.3 Å². The van der Waals surface area contributed by atoms with Crippen molar-refractivity contribution in [3.63, 3.8) is 0 Å². The molecule has 90 valence electrons. The number of Topliss-reactive ketones (excluding diaryl/α,β-unsaturated/α-hetero) is 1. The highest BCUT2D eigenvalue weighted by Gasteiger charge is 2.06. The highest BCUT2D eigenvalue weighted by atomic mass is 16.2. The fourth-order valence-electron chi connectivity index (χ4n) is 1.04. The van der Waals surface area contributed by atoms with E-state index in [9.17, 15) is 14.4 Å². The third kappa shape index (κ3) is 7.91. The molecule has 0 spiro atoms. The van der Waals surface area contributed by atoms with Gasteiger partial charge in [-0.2, -0.15) is 0 Å². The predicted molar refractivity (Wildman–Crippen MR) is 62.0 cm³/mol. The van der Waals surface area contributed by atoms with Crippen molar-refractivity contribution < 1.29 is 14.4 Å². The smallest absolute Gasteiger partial charge is 0.220 e. The maximum Gasteiger partial charge on any atom is 0.220 e. The first kappa shape index (κ1) is 14.6. The summed E-state index contributed by atoms with van der Waals surface area (Å²) in [6.45, 7) is 5.47. The summed E-state index contributed by atoms with van der Waals surface area (Å²) >= 11 is 0. The predicted octanol–water partition coefficient (Wildman–Crippen LogP) is 1.40. The summed E-state index contributed by atoms with van der Waals surface area (Å²) in [6, 6.07) is 0. The second-order valence-electron chi connectivity index (χ2n) is 3.86. The van der Waals surface area contributed by atoms with Gasteiger partial charge in [0.15, 0.2) is 11.6 Å². The van der Waals surface area contributed by atoms with Crippen LogP contribution in [0.2, 0.25) is 0 Å². The quantitative estimate of drug-likeness (QED) is 0.666. The van der Waals surface area contributed by atoms with E-state index >= 15 is 0 Å². The Hall–Kier alpha value is -1.45. The molecule has 0 heterocycles. The third-order valence-electron chi connectivity index (χ3n) is 1.93. The number of amides is 1. The van der Waals surface area contributed by atoms with Crippen molar-refractivity contribution in [2.45, 2.75) is 40.0 Å². The van der Waals surface area contributed by atoms with Crippen molar-refractivity contribution in [2.24, 2.45) is 0 Å². The van der Waals surface area contributed by atoms with Gasteiger partial charge in [0.05, 0.1) is 6.54 Å². The minimum atomic E-state index is -0.252. The van der Waals surface area contributed by atoms with Gasteiger partial charge in [0.2, 0.25) is 5.91 Å². The summed E-state index contributed by atoms with van der Waals surface area (Å²) in [5.74, 6) is -0.321. The molecule has 0 saturated heterocycles. The molecule has 1 amide bonds. The fourth-order valence-corrected chi connectivity index (χ4v) is 1.04. The van der Waals surface area contributed by atoms with Gasteiger partial charge < -0.3 is 5.32 Å². The molecule has 0 bridgehead atoms. The number of carbonyl (C=O) groups excluding carboxylic acids is 3. The second kappa shape index (κ2) is 7.79. The minimum absolute atomic E-state index is 0.0102. The Morgan fingerprint density at radius 2 is 1.75 bits per heavy atom. The van der Waals surface area contributed by atoms with Gasteiger partial charge in [-0.1, -0.05) is 12.5 Å². The van der Waals surface area contributed by atoms with Gasteiger partial charge in [-0.15, -0.1) is 0 Å². The van der Waals surface area contributed by atoms with Crippen molar-refractivity contribution in [3.05, 3.63) is 11.6 Å². The molecule has 4 heteroatoms. The van der Waals surface area contributed by atoms with Gasteiger partial charge >= 0.3 is 0 Å². The lowest BCUT2D eigenvalue weighted by Gasteiger charge is -2.02. The average molecular weight is 225 g/mol. The van der Waals surface area contributed by atoms with Crippen molar-refractivity contribution in [2.75, 3.05) is 6.54 Å². The zero-order valence-electron chi connectivity index (χ0n) is 10.1. The van der Waals surface area contributed by atoms with Crippen LogP contribution in [0.15, 0.2) is 11.6 Å². The number of nitrogens with one attached hydrogen (secondary N) is 1. The number of carbonyl (C=O) groups is 3. The monoisotopic (exact) mass is 225 g/mol. The number of hydrogen-bond acceptors (Lipinski definition) is 3. The summed E-state index contributed by atoms with van der Waals surface area (Å²) in [5.41, 5.74) is 0.923. The molecule has 0 aromatic heterocycles. The Balaban J connectivity index is 3.78. The lowest BCUT2D eigenvalue weighted by Crippen LogP contribution is -2.29. The van der Waals surface area contributed by atoms with Crippen LogP contribution in [0.5, 0.6) is 0 Å². The van der Waals surface area contributed by atoms with Crippen molar-refractivity contribution in [3.8, 4) is 0 Å². The fraction of sp³-hybridized carbons (Fsp3) is 0.583. The van der Waals surface area contributed by atoms with E-state index in [1.54, 1.807) is 6.92 Å². The molecular formula is C12H19NO3. The van der Waals surface area contributed by atoms with Gasteiger partial charge in [-0.3, -0.25) is 14.4 Å². The maximum atomic E-state index is 11.2. The van der Waals surface area contributed by atoms with Gasteiger partial charge in [-0.25, -0.2) is 0 Å². The van der Waals surface area contributed by atoms with E-state index in [0.717, 1.165) is 5.57 Å². The van der Waals surface area contributed by atoms with E-state index in [-0.39, 0.29) is 36.9 Å².